The number of benzene rings is 2. The summed E-state index contributed by atoms with van der Waals surface area (Å²) in [6.07, 6.45) is -2.64. The van der Waals surface area contributed by atoms with Crippen LogP contribution < -0.4 is 11.0 Å². The first kappa shape index (κ1) is 15.4. The van der Waals surface area contributed by atoms with E-state index in [1.165, 1.54) is 22.8 Å². The number of fused-ring (bicyclic) bond motifs is 1. The predicted octanol–water partition coefficient (Wildman–Crippen LogP) is 4.02. The first-order valence-corrected chi connectivity index (χ1v) is 7.18. The quantitative estimate of drug-likeness (QED) is 0.786. The van der Waals surface area contributed by atoms with Crippen LogP contribution in [-0.2, 0) is 0 Å². The molecule has 0 aliphatic rings. The van der Waals surface area contributed by atoms with E-state index in [1.54, 1.807) is 31.3 Å². The van der Waals surface area contributed by atoms with Crippen molar-refractivity contribution in [3.63, 3.8) is 0 Å². The van der Waals surface area contributed by atoms with E-state index in [2.05, 4.69) is 10.3 Å². The van der Waals surface area contributed by atoms with E-state index in [4.69, 9.17) is 11.6 Å². The number of aromatic nitrogens is 2. The smallest absolute Gasteiger partial charge is 0.354 e. The lowest BCUT2D eigenvalue weighted by Crippen LogP contribution is -2.23. The molecule has 0 spiro atoms. The number of rotatable bonds is 3. The molecule has 1 heterocycles. The minimum Gasteiger partial charge on any atom is -0.372 e. The van der Waals surface area contributed by atoms with Crippen LogP contribution in [0.1, 0.15) is 12.0 Å². The van der Waals surface area contributed by atoms with Crippen molar-refractivity contribution in [2.24, 2.45) is 0 Å². The fourth-order valence-corrected chi connectivity index (χ4v) is 2.66. The summed E-state index contributed by atoms with van der Waals surface area (Å²) in [5, 5.41) is 3.69. The zero-order valence-corrected chi connectivity index (χ0v) is 12.8. The van der Waals surface area contributed by atoms with Gasteiger partial charge in [0.25, 0.3) is 6.43 Å². The second-order valence-corrected chi connectivity index (χ2v) is 5.26. The van der Waals surface area contributed by atoms with Gasteiger partial charge in [-0.05, 0) is 24.3 Å². The first-order valence-electron chi connectivity index (χ1n) is 6.80. The summed E-state index contributed by atoms with van der Waals surface area (Å²) in [6, 6.07) is 10.8. The standard InChI is InChI=1S/C16H12ClF2N3O/c1-20-15-10-7-6-9(14(18)19)8-13(10)22(16(23)21-15)12-5-3-2-4-11(12)17/h2-8,14H,1H3,(H,20,21,23). The van der Waals surface area contributed by atoms with Gasteiger partial charge in [-0.15, -0.1) is 0 Å². The van der Waals surface area contributed by atoms with Crippen LogP contribution in [0, 0.1) is 0 Å². The minimum atomic E-state index is -2.64. The SMILES string of the molecule is CNc1nc(=O)n(-c2ccccc2Cl)c2cc(C(F)F)ccc12. The molecule has 0 fully saturated rings. The molecule has 0 unspecified atom stereocenters. The number of halogens is 3. The van der Waals surface area contributed by atoms with Gasteiger partial charge < -0.3 is 5.32 Å². The Balaban J connectivity index is 2.45. The van der Waals surface area contributed by atoms with E-state index in [0.717, 1.165) is 0 Å². The summed E-state index contributed by atoms with van der Waals surface area (Å²) >= 11 is 6.16. The van der Waals surface area contributed by atoms with Gasteiger partial charge in [0.05, 0.1) is 16.2 Å². The van der Waals surface area contributed by atoms with Crippen molar-refractivity contribution in [3.05, 3.63) is 63.5 Å². The Hall–Kier alpha value is -2.47. The highest BCUT2D eigenvalue weighted by atomic mass is 35.5. The van der Waals surface area contributed by atoms with Gasteiger partial charge in [0, 0.05) is 18.0 Å². The van der Waals surface area contributed by atoms with E-state index in [9.17, 15) is 13.6 Å². The zero-order valence-electron chi connectivity index (χ0n) is 12.1. The van der Waals surface area contributed by atoms with Gasteiger partial charge in [-0.25, -0.2) is 13.6 Å². The Bertz CT molecular complexity index is 940. The third-order valence-corrected chi connectivity index (χ3v) is 3.82. The van der Waals surface area contributed by atoms with Crippen molar-refractivity contribution < 1.29 is 8.78 Å². The van der Waals surface area contributed by atoms with Gasteiger partial charge in [-0.2, -0.15) is 4.98 Å². The summed E-state index contributed by atoms with van der Waals surface area (Å²) in [5.74, 6) is 0.328. The predicted molar refractivity (Wildman–Crippen MR) is 86.9 cm³/mol. The third-order valence-electron chi connectivity index (χ3n) is 3.50. The van der Waals surface area contributed by atoms with Crippen molar-refractivity contribution in [2.75, 3.05) is 12.4 Å². The van der Waals surface area contributed by atoms with Gasteiger partial charge in [0.15, 0.2) is 0 Å². The number of anilines is 1. The lowest BCUT2D eigenvalue weighted by atomic mass is 10.1. The largest absolute Gasteiger partial charge is 0.372 e. The van der Waals surface area contributed by atoms with Crippen LogP contribution in [0.4, 0.5) is 14.6 Å². The number of para-hydroxylation sites is 1. The van der Waals surface area contributed by atoms with Gasteiger partial charge in [0.1, 0.15) is 5.82 Å². The molecule has 0 saturated carbocycles. The number of nitrogens with one attached hydrogen (secondary N) is 1. The number of hydrogen-bond donors (Lipinski definition) is 1. The van der Waals surface area contributed by atoms with Crippen LogP contribution in [-0.4, -0.2) is 16.6 Å². The first-order chi connectivity index (χ1) is 11.0. The fraction of sp³-hybridized carbons (Fsp3) is 0.125. The number of nitrogens with zero attached hydrogens (tertiary/aromatic N) is 2. The summed E-state index contributed by atoms with van der Waals surface area (Å²) in [5.41, 5.74) is -0.0571. The Morgan fingerprint density at radius 1 is 1.22 bits per heavy atom. The Kier molecular flexibility index (Phi) is 4.00. The molecule has 0 atom stereocenters. The molecule has 0 amide bonds. The van der Waals surface area contributed by atoms with Crippen LogP contribution in [0.2, 0.25) is 5.02 Å². The monoisotopic (exact) mass is 335 g/mol. The molecule has 3 rings (SSSR count). The lowest BCUT2D eigenvalue weighted by molar-refractivity contribution is 0.151. The second kappa shape index (κ2) is 5.96. The molecule has 4 nitrogen and oxygen atoms in total. The molecule has 1 N–H and O–H groups in total. The second-order valence-electron chi connectivity index (χ2n) is 4.86. The van der Waals surface area contributed by atoms with Crippen LogP contribution >= 0.6 is 11.6 Å². The molecular weight excluding hydrogens is 324 g/mol. The summed E-state index contributed by atoms with van der Waals surface area (Å²) in [6.45, 7) is 0. The molecule has 0 saturated heterocycles. The van der Waals surface area contributed by atoms with Gasteiger partial charge in [-0.1, -0.05) is 29.8 Å². The normalized spacial score (nSPS) is 11.2. The maximum absolute atomic E-state index is 13.0. The summed E-state index contributed by atoms with van der Waals surface area (Å²) in [4.78, 5) is 16.4. The molecule has 2 aromatic carbocycles. The third kappa shape index (κ3) is 2.66. The van der Waals surface area contributed by atoms with Crippen LogP contribution in [0.3, 0.4) is 0 Å². The molecule has 7 heteroatoms. The Morgan fingerprint density at radius 3 is 2.61 bits per heavy atom. The molecule has 118 valence electrons. The maximum atomic E-state index is 13.0. The molecule has 23 heavy (non-hydrogen) atoms. The average molecular weight is 336 g/mol. The highest BCUT2D eigenvalue weighted by Crippen LogP contribution is 2.29. The molecule has 1 aromatic heterocycles. The minimum absolute atomic E-state index is 0.175. The maximum Gasteiger partial charge on any atom is 0.354 e. The van der Waals surface area contributed by atoms with E-state index in [-0.39, 0.29) is 5.56 Å². The highest BCUT2D eigenvalue weighted by Gasteiger charge is 2.16. The lowest BCUT2D eigenvalue weighted by Gasteiger charge is -2.14. The number of alkyl halides is 2. The van der Waals surface area contributed by atoms with Crippen molar-refractivity contribution in [2.45, 2.75) is 6.43 Å². The Labute approximate surface area is 135 Å². The summed E-state index contributed by atoms with van der Waals surface area (Å²) in [7, 11) is 1.61. The van der Waals surface area contributed by atoms with Gasteiger partial charge >= 0.3 is 5.69 Å². The van der Waals surface area contributed by atoms with Crippen LogP contribution in [0.25, 0.3) is 16.6 Å². The van der Waals surface area contributed by atoms with Crippen molar-refractivity contribution in [1.29, 1.82) is 0 Å². The van der Waals surface area contributed by atoms with Gasteiger partial charge in [-0.3, -0.25) is 4.57 Å². The van der Waals surface area contributed by atoms with Crippen molar-refractivity contribution >= 4 is 28.3 Å². The van der Waals surface area contributed by atoms with E-state index in [0.29, 0.717) is 27.4 Å². The zero-order chi connectivity index (χ0) is 16.6. The van der Waals surface area contributed by atoms with E-state index >= 15 is 0 Å². The fourth-order valence-electron chi connectivity index (χ4n) is 2.44. The molecule has 3 aromatic rings. The van der Waals surface area contributed by atoms with Gasteiger partial charge in [0.2, 0.25) is 0 Å². The van der Waals surface area contributed by atoms with Crippen molar-refractivity contribution in [1.82, 2.24) is 9.55 Å². The molecular formula is C16H12ClF2N3O. The van der Waals surface area contributed by atoms with Crippen LogP contribution in [0.15, 0.2) is 47.3 Å². The molecule has 0 bridgehead atoms. The van der Waals surface area contributed by atoms with E-state index in [1.807, 2.05) is 0 Å². The highest BCUT2D eigenvalue weighted by molar-refractivity contribution is 6.32. The molecule has 0 radical (unpaired) electrons. The number of hydrogen-bond acceptors (Lipinski definition) is 3. The molecule has 0 aliphatic carbocycles. The topological polar surface area (TPSA) is 46.9 Å². The molecule has 0 aliphatic heterocycles. The van der Waals surface area contributed by atoms with Crippen LogP contribution in [0.5, 0.6) is 0 Å². The van der Waals surface area contributed by atoms with E-state index < -0.39 is 12.1 Å². The Morgan fingerprint density at radius 2 is 1.96 bits per heavy atom. The van der Waals surface area contributed by atoms with Crippen molar-refractivity contribution in [3.8, 4) is 5.69 Å². The summed E-state index contributed by atoms with van der Waals surface area (Å²) < 4.78 is 27.3. The average Bonchev–Trinajstić information content (AvgIpc) is 2.54.